The van der Waals surface area contributed by atoms with Crippen LogP contribution in [0, 0.1) is 5.92 Å². The maximum absolute atomic E-state index is 11.8. The molecule has 86 valence electrons. The monoisotopic (exact) mass is 282 g/mol. The first-order valence-electron chi connectivity index (χ1n) is 5.67. The predicted molar refractivity (Wildman–Crippen MR) is 66.6 cm³/mol. The van der Waals surface area contributed by atoms with Gasteiger partial charge in [0.25, 0.3) is 0 Å². The van der Waals surface area contributed by atoms with Gasteiger partial charge in [-0.2, -0.15) is 0 Å². The molecule has 0 aliphatic heterocycles. The number of ketones is 1. The maximum Gasteiger partial charge on any atom is 0.173 e. The molecule has 1 fully saturated rings. The first-order valence-corrected chi connectivity index (χ1v) is 6.46. The molecule has 16 heavy (non-hydrogen) atoms. The Labute approximate surface area is 104 Å². The number of benzene rings is 1. The maximum atomic E-state index is 11.8. The standard InChI is InChI=1S/C13H15BrO2/c14-11-5-7-12(8-6-11)16-9-13(15)10-3-1-2-4-10/h5-8,10H,1-4,9H2. The number of halogens is 1. The number of hydrogen-bond donors (Lipinski definition) is 0. The zero-order valence-corrected chi connectivity index (χ0v) is 10.7. The van der Waals surface area contributed by atoms with Crippen molar-refractivity contribution < 1.29 is 9.53 Å². The molecule has 0 saturated heterocycles. The molecule has 0 radical (unpaired) electrons. The van der Waals surface area contributed by atoms with Crippen LogP contribution in [0.1, 0.15) is 25.7 Å². The van der Waals surface area contributed by atoms with Crippen molar-refractivity contribution in [3.63, 3.8) is 0 Å². The van der Waals surface area contributed by atoms with E-state index in [4.69, 9.17) is 4.74 Å². The molecular weight excluding hydrogens is 268 g/mol. The van der Waals surface area contributed by atoms with E-state index >= 15 is 0 Å². The van der Waals surface area contributed by atoms with E-state index in [1.54, 1.807) is 0 Å². The predicted octanol–water partition coefficient (Wildman–Crippen LogP) is 3.59. The van der Waals surface area contributed by atoms with Crippen LogP contribution in [0.3, 0.4) is 0 Å². The normalized spacial score (nSPS) is 16.3. The van der Waals surface area contributed by atoms with Crippen molar-refractivity contribution in [3.05, 3.63) is 28.7 Å². The largest absolute Gasteiger partial charge is 0.486 e. The van der Waals surface area contributed by atoms with Gasteiger partial charge >= 0.3 is 0 Å². The third-order valence-corrected chi connectivity index (χ3v) is 3.53. The summed E-state index contributed by atoms with van der Waals surface area (Å²) in [6.07, 6.45) is 4.47. The van der Waals surface area contributed by atoms with Crippen molar-refractivity contribution >= 4 is 21.7 Å². The molecule has 2 nitrogen and oxygen atoms in total. The van der Waals surface area contributed by atoms with Crippen LogP contribution in [0.4, 0.5) is 0 Å². The minimum Gasteiger partial charge on any atom is -0.486 e. The molecule has 1 aliphatic carbocycles. The molecule has 1 saturated carbocycles. The van der Waals surface area contributed by atoms with Gasteiger partial charge in [-0.1, -0.05) is 28.8 Å². The summed E-state index contributed by atoms with van der Waals surface area (Å²) in [4.78, 5) is 11.8. The zero-order valence-electron chi connectivity index (χ0n) is 9.12. The van der Waals surface area contributed by atoms with Crippen LogP contribution < -0.4 is 4.74 Å². The van der Waals surface area contributed by atoms with Gasteiger partial charge in [-0.3, -0.25) is 4.79 Å². The molecule has 0 N–H and O–H groups in total. The van der Waals surface area contributed by atoms with E-state index in [1.807, 2.05) is 24.3 Å². The summed E-state index contributed by atoms with van der Waals surface area (Å²) in [5, 5.41) is 0. The highest BCUT2D eigenvalue weighted by molar-refractivity contribution is 9.10. The second kappa shape index (κ2) is 5.48. The molecule has 3 heteroatoms. The molecule has 1 aromatic rings. The number of hydrogen-bond acceptors (Lipinski definition) is 2. The molecule has 2 rings (SSSR count). The van der Waals surface area contributed by atoms with E-state index < -0.39 is 0 Å². The minimum atomic E-state index is 0.215. The number of carbonyl (C=O) groups is 1. The van der Waals surface area contributed by atoms with Crippen molar-refractivity contribution in [2.45, 2.75) is 25.7 Å². The highest BCUT2D eigenvalue weighted by Gasteiger charge is 2.22. The number of Topliss-reactive ketones (excluding diaryl/α,β-unsaturated/α-hetero) is 1. The lowest BCUT2D eigenvalue weighted by atomic mass is 10.0. The topological polar surface area (TPSA) is 26.3 Å². The van der Waals surface area contributed by atoms with E-state index in [9.17, 15) is 4.79 Å². The summed E-state index contributed by atoms with van der Waals surface area (Å²) in [7, 11) is 0. The minimum absolute atomic E-state index is 0.215. The van der Waals surface area contributed by atoms with Crippen molar-refractivity contribution in [2.75, 3.05) is 6.61 Å². The van der Waals surface area contributed by atoms with Crippen LogP contribution in [0.5, 0.6) is 5.75 Å². The second-order valence-corrected chi connectivity index (χ2v) is 5.11. The number of rotatable bonds is 4. The average molecular weight is 283 g/mol. The summed E-state index contributed by atoms with van der Waals surface area (Å²) in [5.74, 6) is 1.26. The molecule has 1 aliphatic rings. The van der Waals surface area contributed by atoms with Crippen molar-refractivity contribution in [1.82, 2.24) is 0 Å². The average Bonchev–Trinajstić information content (AvgIpc) is 2.81. The van der Waals surface area contributed by atoms with Crippen LogP contribution in [-0.4, -0.2) is 12.4 Å². The Balaban J connectivity index is 1.82. The van der Waals surface area contributed by atoms with Crippen LogP contribution in [0.2, 0.25) is 0 Å². The Hall–Kier alpha value is -0.830. The summed E-state index contributed by atoms with van der Waals surface area (Å²) in [5.41, 5.74) is 0. The molecule has 0 heterocycles. The SMILES string of the molecule is O=C(COc1ccc(Br)cc1)C1CCCC1. The van der Waals surface area contributed by atoms with Crippen LogP contribution in [0.15, 0.2) is 28.7 Å². The first-order chi connectivity index (χ1) is 7.75. The molecule has 0 spiro atoms. The van der Waals surface area contributed by atoms with Crippen LogP contribution in [-0.2, 0) is 4.79 Å². The van der Waals surface area contributed by atoms with Gasteiger partial charge in [0.2, 0.25) is 0 Å². The van der Waals surface area contributed by atoms with Gasteiger partial charge in [0.05, 0.1) is 0 Å². The smallest absolute Gasteiger partial charge is 0.173 e. The van der Waals surface area contributed by atoms with E-state index in [0.717, 1.165) is 23.1 Å². The van der Waals surface area contributed by atoms with Crippen molar-refractivity contribution in [3.8, 4) is 5.75 Å². The lowest BCUT2D eigenvalue weighted by molar-refractivity contribution is -0.124. The fourth-order valence-electron chi connectivity index (χ4n) is 2.05. The summed E-state index contributed by atoms with van der Waals surface area (Å²) in [6.45, 7) is 0.215. The van der Waals surface area contributed by atoms with E-state index in [2.05, 4.69) is 15.9 Å². The Morgan fingerprint density at radius 2 is 1.88 bits per heavy atom. The molecule has 1 aromatic carbocycles. The van der Waals surface area contributed by atoms with Gasteiger partial charge in [-0.05, 0) is 37.1 Å². The third-order valence-electron chi connectivity index (χ3n) is 3.01. The van der Waals surface area contributed by atoms with Gasteiger partial charge in [0, 0.05) is 10.4 Å². The number of carbonyl (C=O) groups excluding carboxylic acids is 1. The van der Waals surface area contributed by atoms with Crippen LogP contribution in [0.25, 0.3) is 0 Å². The van der Waals surface area contributed by atoms with Gasteiger partial charge in [0.1, 0.15) is 12.4 Å². The van der Waals surface area contributed by atoms with E-state index in [-0.39, 0.29) is 18.3 Å². The molecule has 0 amide bonds. The Morgan fingerprint density at radius 1 is 1.25 bits per heavy atom. The highest BCUT2D eigenvalue weighted by atomic mass is 79.9. The highest BCUT2D eigenvalue weighted by Crippen LogP contribution is 2.25. The quantitative estimate of drug-likeness (QED) is 0.844. The van der Waals surface area contributed by atoms with Gasteiger partial charge in [-0.15, -0.1) is 0 Å². The Bertz CT molecular complexity index is 353. The van der Waals surface area contributed by atoms with Crippen molar-refractivity contribution in [2.24, 2.45) is 5.92 Å². The van der Waals surface area contributed by atoms with Crippen molar-refractivity contribution in [1.29, 1.82) is 0 Å². The molecular formula is C13H15BrO2. The lowest BCUT2D eigenvalue weighted by Crippen LogP contribution is -2.19. The zero-order chi connectivity index (χ0) is 11.4. The van der Waals surface area contributed by atoms with Gasteiger partial charge in [-0.25, -0.2) is 0 Å². The summed E-state index contributed by atoms with van der Waals surface area (Å²) >= 11 is 3.36. The fourth-order valence-corrected chi connectivity index (χ4v) is 2.32. The third kappa shape index (κ3) is 3.08. The van der Waals surface area contributed by atoms with Crippen LogP contribution >= 0.6 is 15.9 Å². The Morgan fingerprint density at radius 3 is 2.50 bits per heavy atom. The summed E-state index contributed by atoms with van der Waals surface area (Å²) in [6, 6.07) is 7.56. The summed E-state index contributed by atoms with van der Waals surface area (Å²) < 4.78 is 6.48. The van der Waals surface area contributed by atoms with Gasteiger partial charge < -0.3 is 4.74 Å². The number of ether oxygens (including phenoxy) is 1. The van der Waals surface area contributed by atoms with E-state index in [1.165, 1.54) is 12.8 Å². The van der Waals surface area contributed by atoms with Gasteiger partial charge in [0.15, 0.2) is 5.78 Å². The molecule has 0 aromatic heterocycles. The molecule has 0 atom stereocenters. The fraction of sp³-hybridized carbons (Fsp3) is 0.462. The van der Waals surface area contributed by atoms with E-state index in [0.29, 0.717) is 0 Å². The first kappa shape index (κ1) is 11.6. The molecule has 0 unspecified atom stereocenters. The second-order valence-electron chi connectivity index (χ2n) is 4.19. The molecule has 0 bridgehead atoms. The Kier molecular flexibility index (Phi) is 3.99. The lowest BCUT2D eigenvalue weighted by Gasteiger charge is -2.09.